The summed E-state index contributed by atoms with van der Waals surface area (Å²) in [5.74, 6) is -6.08. The lowest BCUT2D eigenvalue weighted by molar-refractivity contribution is -0.156. The van der Waals surface area contributed by atoms with Crippen molar-refractivity contribution in [2.45, 2.75) is 77.7 Å². The molecule has 33 heavy (non-hydrogen) atoms. The average molecular weight is 467 g/mol. The number of aliphatic carboxylic acids is 2. The molecule has 5 atom stereocenters. The van der Waals surface area contributed by atoms with Crippen LogP contribution in [0.2, 0.25) is 0 Å². The maximum Gasteiger partial charge on any atom is 0.318 e. The minimum absolute atomic E-state index is 0.0162. The van der Waals surface area contributed by atoms with Gasteiger partial charge in [-0.3, -0.25) is 19.2 Å². The maximum absolute atomic E-state index is 13.0. The van der Waals surface area contributed by atoms with Crippen LogP contribution >= 0.6 is 0 Å². The van der Waals surface area contributed by atoms with Crippen molar-refractivity contribution in [2.75, 3.05) is 7.11 Å². The molecule has 8 nitrogen and oxygen atoms in total. The first kappa shape index (κ1) is 28.6. The number of carbonyl (C=O) groups excluding carboxylic acids is 2. The zero-order chi connectivity index (χ0) is 25.0. The van der Waals surface area contributed by atoms with Crippen LogP contribution in [0.25, 0.3) is 0 Å². The quantitative estimate of drug-likeness (QED) is 0.143. The van der Waals surface area contributed by atoms with Crippen molar-refractivity contribution >= 4 is 23.7 Å². The largest absolute Gasteiger partial charge is 0.481 e. The Bertz CT molecular complexity index is 741. The number of unbranched alkanes of at least 4 members (excludes halogenated alkanes) is 2. The number of carboxylic acids is 2. The van der Waals surface area contributed by atoms with Crippen LogP contribution < -0.4 is 0 Å². The van der Waals surface area contributed by atoms with Crippen LogP contribution in [0.4, 0.5) is 0 Å². The monoisotopic (exact) mass is 466 g/mol. The Morgan fingerprint density at radius 2 is 1.88 bits per heavy atom. The summed E-state index contributed by atoms with van der Waals surface area (Å²) in [6.07, 6.45) is 10.1. The van der Waals surface area contributed by atoms with Gasteiger partial charge in [-0.25, -0.2) is 0 Å². The van der Waals surface area contributed by atoms with E-state index in [-0.39, 0.29) is 31.1 Å². The van der Waals surface area contributed by atoms with Crippen LogP contribution in [-0.4, -0.2) is 52.2 Å². The summed E-state index contributed by atoms with van der Waals surface area (Å²) >= 11 is 0. The number of allylic oxidation sites excluding steroid dienone is 3. The van der Waals surface area contributed by atoms with E-state index in [0.29, 0.717) is 12.8 Å². The number of aliphatic hydroxyl groups excluding tert-OH is 1. The van der Waals surface area contributed by atoms with Gasteiger partial charge in [-0.05, 0) is 38.0 Å². The van der Waals surface area contributed by atoms with E-state index in [1.807, 2.05) is 6.92 Å². The molecule has 3 unspecified atom stereocenters. The van der Waals surface area contributed by atoms with E-state index in [0.717, 1.165) is 25.7 Å². The summed E-state index contributed by atoms with van der Waals surface area (Å²) in [5, 5.41) is 30.1. The SMILES string of the molecule is CCCCC(CC)C(O)C=CC1C[C@@H](C(=O)O)C(=O)[C@]1(CC=CCCCC(=O)OC)C(=O)O. The summed E-state index contributed by atoms with van der Waals surface area (Å²) in [7, 11) is 1.30. The summed E-state index contributed by atoms with van der Waals surface area (Å²) in [4.78, 5) is 48.1. The highest BCUT2D eigenvalue weighted by atomic mass is 16.5. The number of carboxylic acid groups (broad SMARTS) is 2. The van der Waals surface area contributed by atoms with Crippen LogP contribution in [0, 0.1) is 23.2 Å². The molecule has 3 N–H and O–H groups in total. The second kappa shape index (κ2) is 13.9. The first-order valence-electron chi connectivity index (χ1n) is 11.7. The first-order valence-corrected chi connectivity index (χ1v) is 11.7. The van der Waals surface area contributed by atoms with Crippen molar-refractivity contribution in [3.63, 3.8) is 0 Å². The second-order valence-electron chi connectivity index (χ2n) is 8.70. The Hall–Kier alpha value is -2.48. The van der Waals surface area contributed by atoms with E-state index < -0.39 is 41.1 Å². The number of esters is 1. The van der Waals surface area contributed by atoms with Gasteiger partial charge >= 0.3 is 17.9 Å². The number of aliphatic hydroxyl groups is 1. The predicted octanol–water partition coefficient (Wildman–Crippen LogP) is 3.77. The first-order chi connectivity index (χ1) is 15.6. The Labute approximate surface area is 195 Å². The molecule has 0 amide bonds. The van der Waals surface area contributed by atoms with Crippen LogP contribution in [0.3, 0.4) is 0 Å². The van der Waals surface area contributed by atoms with Crippen molar-refractivity contribution in [1.29, 1.82) is 0 Å². The lowest BCUT2D eigenvalue weighted by atomic mass is 9.73. The minimum atomic E-state index is -1.90. The highest BCUT2D eigenvalue weighted by Crippen LogP contribution is 2.48. The van der Waals surface area contributed by atoms with Gasteiger partial charge in [0, 0.05) is 12.3 Å². The van der Waals surface area contributed by atoms with E-state index in [1.165, 1.54) is 19.3 Å². The van der Waals surface area contributed by atoms with Gasteiger partial charge in [0.2, 0.25) is 0 Å². The van der Waals surface area contributed by atoms with Crippen LogP contribution in [0.15, 0.2) is 24.3 Å². The number of carbonyl (C=O) groups is 4. The third-order valence-electron chi connectivity index (χ3n) is 6.62. The molecule has 8 heteroatoms. The number of methoxy groups -OCH3 is 1. The van der Waals surface area contributed by atoms with Crippen molar-refractivity contribution in [2.24, 2.45) is 23.2 Å². The molecule has 186 valence electrons. The number of ketones is 1. The lowest BCUT2D eigenvalue weighted by Crippen LogP contribution is -2.42. The molecule has 0 aliphatic heterocycles. The van der Waals surface area contributed by atoms with Gasteiger partial charge in [0.1, 0.15) is 11.3 Å². The zero-order valence-electron chi connectivity index (χ0n) is 19.9. The second-order valence-corrected chi connectivity index (χ2v) is 8.70. The Balaban J connectivity index is 3.08. The van der Waals surface area contributed by atoms with Gasteiger partial charge in [0.15, 0.2) is 5.78 Å². The van der Waals surface area contributed by atoms with Crippen LogP contribution in [0.1, 0.15) is 71.6 Å². The molecule has 0 radical (unpaired) electrons. The molecule has 1 saturated carbocycles. The van der Waals surface area contributed by atoms with Crippen molar-refractivity contribution in [1.82, 2.24) is 0 Å². The zero-order valence-corrected chi connectivity index (χ0v) is 19.9. The minimum Gasteiger partial charge on any atom is -0.481 e. The molecule has 1 fully saturated rings. The molecule has 0 heterocycles. The molecule has 1 rings (SSSR count). The Morgan fingerprint density at radius 3 is 2.42 bits per heavy atom. The summed E-state index contributed by atoms with van der Waals surface area (Å²) in [5.41, 5.74) is -1.90. The molecule has 1 aliphatic rings. The van der Waals surface area contributed by atoms with E-state index >= 15 is 0 Å². The summed E-state index contributed by atoms with van der Waals surface area (Å²) < 4.78 is 4.57. The molecule has 0 aromatic heterocycles. The standard InChI is InChI=1S/C25H38O8/c1-4-6-11-17(5-2)20(26)14-13-18-16-19(23(29)30)22(28)25(18,24(31)32)15-10-8-7-9-12-21(27)33-3/h8,10,13-14,17-20,26H,4-7,9,11-12,15-16H2,1-3H3,(H,29,30)(H,31,32)/t17?,18?,19-,20?,25-/m1/s1. The van der Waals surface area contributed by atoms with Gasteiger partial charge < -0.3 is 20.1 Å². The molecule has 0 aromatic carbocycles. The molecule has 0 aromatic rings. The van der Waals surface area contributed by atoms with Crippen molar-refractivity contribution in [3.05, 3.63) is 24.3 Å². The van der Waals surface area contributed by atoms with Gasteiger partial charge in [-0.2, -0.15) is 0 Å². The lowest BCUT2D eigenvalue weighted by Gasteiger charge is -2.27. The third-order valence-corrected chi connectivity index (χ3v) is 6.62. The smallest absolute Gasteiger partial charge is 0.318 e. The maximum atomic E-state index is 13.0. The van der Waals surface area contributed by atoms with Gasteiger partial charge in [-0.15, -0.1) is 0 Å². The summed E-state index contributed by atoms with van der Waals surface area (Å²) in [6.45, 7) is 4.04. The molecule has 0 spiro atoms. The third kappa shape index (κ3) is 7.52. The van der Waals surface area contributed by atoms with Crippen molar-refractivity contribution in [3.8, 4) is 0 Å². The molecule has 0 bridgehead atoms. The van der Waals surface area contributed by atoms with Gasteiger partial charge in [-0.1, -0.05) is 57.4 Å². The van der Waals surface area contributed by atoms with E-state index in [9.17, 15) is 34.5 Å². The molecular formula is C25H38O8. The predicted molar refractivity (Wildman–Crippen MR) is 122 cm³/mol. The molecule has 1 aliphatic carbocycles. The van der Waals surface area contributed by atoms with Crippen LogP contribution in [0.5, 0.6) is 0 Å². The van der Waals surface area contributed by atoms with E-state index in [4.69, 9.17) is 0 Å². The topological polar surface area (TPSA) is 138 Å². The fourth-order valence-corrected chi connectivity index (χ4v) is 4.46. The summed E-state index contributed by atoms with van der Waals surface area (Å²) in [6, 6.07) is 0. The molecular weight excluding hydrogens is 428 g/mol. The fraction of sp³-hybridized carbons (Fsp3) is 0.680. The number of rotatable bonds is 15. The van der Waals surface area contributed by atoms with E-state index in [2.05, 4.69) is 11.7 Å². The molecule has 0 saturated heterocycles. The fourth-order valence-electron chi connectivity index (χ4n) is 4.46. The number of Topliss-reactive ketones (excluding diaryl/α,β-unsaturated/α-hetero) is 1. The Kier molecular flexibility index (Phi) is 12.1. The van der Waals surface area contributed by atoms with E-state index in [1.54, 1.807) is 12.2 Å². The Morgan fingerprint density at radius 1 is 1.18 bits per heavy atom. The normalized spacial score (nSPS) is 24.9. The van der Waals surface area contributed by atoms with Crippen LogP contribution in [-0.2, 0) is 23.9 Å². The average Bonchev–Trinajstić information content (AvgIpc) is 3.07. The number of hydrogen-bond acceptors (Lipinski definition) is 6. The number of ether oxygens (including phenoxy) is 1. The highest BCUT2D eigenvalue weighted by molar-refractivity contribution is 6.13. The number of hydrogen-bond donors (Lipinski definition) is 3. The van der Waals surface area contributed by atoms with Gasteiger partial charge in [0.05, 0.1) is 13.2 Å². The van der Waals surface area contributed by atoms with Crippen molar-refractivity contribution < 1.29 is 39.2 Å². The highest BCUT2D eigenvalue weighted by Gasteiger charge is 2.60. The van der Waals surface area contributed by atoms with Gasteiger partial charge in [0.25, 0.3) is 0 Å².